The number of carbonyl (C=O) groups excluding carboxylic acids is 1. The summed E-state index contributed by atoms with van der Waals surface area (Å²) in [5.41, 5.74) is 0.403. The molecule has 3 rings (SSSR count). The van der Waals surface area contributed by atoms with Crippen molar-refractivity contribution in [3.8, 4) is 0 Å². The Bertz CT molecular complexity index is 978. The number of anilines is 3. The van der Waals surface area contributed by atoms with E-state index in [1.807, 2.05) is 0 Å². The first-order chi connectivity index (χ1) is 12.4. The van der Waals surface area contributed by atoms with Gasteiger partial charge in [0, 0.05) is 29.7 Å². The second kappa shape index (κ2) is 7.22. The van der Waals surface area contributed by atoms with Crippen LogP contribution in [0.4, 0.5) is 34.6 Å². The number of benzene rings is 2. The molecule has 1 amide bonds. The van der Waals surface area contributed by atoms with E-state index in [2.05, 4.69) is 15.6 Å². The molecule has 3 aromatic rings. The molecule has 0 unspecified atom stereocenters. The molecule has 2 N–H and O–H groups in total. The highest BCUT2D eigenvalue weighted by molar-refractivity contribution is 6.03. The van der Waals surface area contributed by atoms with Crippen LogP contribution in [0.15, 0.2) is 54.7 Å². The summed E-state index contributed by atoms with van der Waals surface area (Å²) in [5.74, 6) is -4.41. The Labute approximate surface area is 145 Å². The maximum atomic E-state index is 13.6. The summed E-state index contributed by atoms with van der Waals surface area (Å²) in [6.45, 7) is 0. The number of amides is 1. The van der Waals surface area contributed by atoms with E-state index < -0.39 is 29.2 Å². The highest BCUT2D eigenvalue weighted by Crippen LogP contribution is 2.20. The minimum Gasteiger partial charge on any atom is -0.355 e. The van der Waals surface area contributed by atoms with Gasteiger partial charge in [-0.2, -0.15) is 0 Å². The van der Waals surface area contributed by atoms with Crippen LogP contribution < -0.4 is 10.6 Å². The summed E-state index contributed by atoms with van der Waals surface area (Å²) in [7, 11) is 0. The molecule has 0 aliphatic rings. The number of halogens is 4. The van der Waals surface area contributed by atoms with Crippen molar-refractivity contribution in [2.24, 2.45) is 0 Å². The lowest BCUT2D eigenvalue weighted by Gasteiger charge is -2.09. The van der Waals surface area contributed by atoms with E-state index in [4.69, 9.17) is 0 Å². The third-order valence-electron chi connectivity index (χ3n) is 3.38. The van der Waals surface area contributed by atoms with Gasteiger partial charge in [0.2, 0.25) is 0 Å². The second-order valence-electron chi connectivity index (χ2n) is 5.26. The second-order valence-corrected chi connectivity index (χ2v) is 5.26. The smallest absolute Gasteiger partial charge is 0.274 e. The zero-order chi connectivity index (χ0) is 18.7. The molecule has 132 valence electrons. The van der Waals surface area contributed by atoms with E-state index in [0.717, 1.165) is 24.3 Å². The lowest BCUT2D eigenvalue weighted by molar-refractivity contribution is 0.102. The van der Waals surface area contributed by atoms with Crippen molar-refractivity contribution < 1.29 is 22.4 Å². The minimum absolute atomic E-state index is 0.0543. The molecule has 0 bridgehead atoms. The van der Waals surface area contributed by atoms with Gasteiger partial charge >= 0.3 is 0 Å². The van der Waals surface area contributed by atoms with Crippen molar-refractivity contribution in [3.05, 3.63) is 83.7 Å². The number of hydrogen-bond donors (Lipinski definition) is 2. The van der Waals surface area contributed by atoms with Crippen molar-refractivity contribution in [2.45, 2.75) is 0 Å². The van der Waals surface area contributed by atoms with E-state index in [1.165, 1.54) is 24.4 Å². The molecular formula is C18H11F4N3O. The third-order valence-corrected chi connectivity index (χ3v) is 3.38. The van der Waals surface area contributed by atoms with Crippen LogP contribution in [0.5, 0.6) is 0 Å². The van der Waals surface area contributed by atoms with E-state index >= 15 is 0 Å². The largest absolute Gasteiger partial charge is 0.355 e. The van der Waals surface area contributed by atoms with Crippen molar-refractivity contribution in [1.29, 1.82) is 0 Å². The maximum Gasteiger partial charge on any atom is 0.274 e. The molecule has 0 fully saturated rings. The van der Waals surface area contributed by atoms with Crippen molar-refractivity contribution >= 4 is 23.0 Å². The summed E-state index contributed by atoms with van der Waals surface area (Å²) >= 11 is 0. The van der Waals surface area contributed by atoms with Gasteiger partial charge in [0.15, 0.2) is 11.6 Å². The van der Waals surface area contributed by atoms with Gasteiger partial charge in [-0.1, -0.05) is 0 Å². The first-order valence-corrected chi connectivity index (χ1v) is 7.37. The number of rotatable bonds is 4. The van der Waals surface area contributed by atoms with Crippen LogP contribution >= 0.6 is 0 Å². The van der Waals surface area contributed by atoms with Gasteiger partial charge in [-0.3, -0.25) is 9.78 Å². The summed E-state index contributed by atoms with van der Waals surface area (Å²) in [4.78, 5) is 16.1. The topological polar surface area (TPSA) is 54.0 Å². The Morgan fingerprint density at radius 3 is 2.31 bits per heavy atom. The molecule has 0 saturated carbocycles. The molecule has 0 spiro atoms. The van der Waals surface area contributed by atoms with Gasteiger partial charge in [-0.15, -0.1) is 0 Å². The minimum atomic E-state index is -1.02. The van der Waals surface area contributed by atoms with Crippen LogP contribution in [0.25, 0.3) is 0 Å². The van der Waals surface area contributed by atoms with Crippen molar-refractivity contribution in [3.63, 3.8) is 0 Å². The average Bonchev–Trinajstić information content (AvgIpc) is 2.61. The number of nitrogens with zero attached hydrogens (tertiary/aromatic N) is 1. The van der Waals surface area contributed by atoms with Crippen LogP contribution in [0.3, 0.4) is 0 Å². The van der Waals surface area contributed by atoms with E-state index in [0.29, 0.717) is 11.8 Å². The maximum absolute atomic E-state index is 13.6. The fraction of sp³-hybridized carbons (Fsp3) is 0. The molecule has 2 aromatic carbocycles. The molecule has 8 heteroatoms. The van der Waals surface area contributed by atoms with Gasteiger partial charge in [0.05, 0.1) is 5.69 Å². The predicted molar refractivity (Wildman–Crippen MR) is 88.2 cm³/mol. The van der Waals surface area contributed by atoms with Crippen LogP contribution in [0.1, 0.15) is 10.5 Å². The lowest BCUT2D eigenvalue weighted by Crippen LogP contribution is -2.15. The zero-order valence-corrected chi connectivity index (χ0v) is 13.1. The third kappa shape index (κ3) is 3.97. The Balaban J connectivity index is 1.77. The Morgan fingerprint density at radius 1 is 0.808 bits per heavy atom. The number of aromatic nitrogens is 1. The molecule has 1 heterocycles. The van der Waals surface area contributed by atoms with Gasteiger partial charge in [0.25, 0.3) is 5.91 Å². The SMILES string of the molecule is O=C(Nc1ccc(F)cc1F)c1cc(Nc2ccc(F)c(F)c2)ccn1. The average molecular weight is 361 g/mol. The fourth-order valence-electron chi connectivity index (χ4n) is 2.15. The normalized spacial score (nSPS) is 10.5. The molecule has 4 nitrogen and oxygen atoms in total. The van der Waals surface area contributed by atoms with E-state index in [-0.39, 0.29) is 17.1 Å². The molecule has 0 atom stereocenters. The highest BCUT2D eigenvalue weighted by atomic mass is 19.2. The molecule has 1 aromatic heterocycles. The Morgan fingerprint density at radius 2 is 1.58 bits per heavy atom. The molecule has 0 aliphatic carbocycles. The quantitative estimate of drug-likeness (QED) is 0.666. The lowest BCUT2D eigenvalue weighted by atomic mass is 10.2. The molecule has 0 aliphatic heterocycles. The first kappa shape index (κ1) is 17.4. The van der Waals surface area contributed by atoms with Crippen LogP contribution in [0, 0.1) is 23.3 Å². The Hall–Kier alpha value is -3.42. The summed E-state index contributed by atoms with van der Waals surface area (Å²) in [6.07, 6.45) is 1.32. The number of hydrogen-bond acceptors (Lipinski definition) is 3. The van der Waals surface area contributed by atoms with E-state index in [9.17, 15) is 22.4 Å². The van der Waals surface area contributed by atoms with E-state index in [1.54, 1.807) is 0 Å². The van der Waals surface area contributed by atoms with Crippen molar-refractivity contribution in [2.75, 3.05) is 10.6 Å². The number of carbonyl (C=O) groups is 1. The first-order valence-electron chi connectivity index (χ1n) is 7.37. The zero-order valence-electron chi connectivity index (χ0n) is 13.1. The summed E-state index contributed by atoms with van der Waals surface area (Å²) < 4.78 is 52.7. The van der Waals surface area contributed by atoms with Gasteiger partial charge in [-0.05, 0) is 36.4 Å². The van der Waals surface area contributed by atoms with Crippen molar-refractivity contribution in [1.82, 2.24) is 4.98 Å². The van der Waals surface area contributed by atoms with Gasteiger partial charge in [-0.25, -0.2) is 17.6 Å². The molecule has 0 saturated heterocycles. The molecule has 26 heavy (non-hydrogen) atoms. The van der Waals surface area contributed by atoms with Gasteiger partial charge < -0.3 is 10.6 Å². The number of nitrogens with one attached hydrogen (secondary N) is 2. The van der Waals surface area contributed by atoms with Gasteiger partial charge in [0.1, 0.15) is 17.3 Å². The monoisotopic (exact) mass is 361 g/mol. The van der Waals surface area contributed by atoms with Crippen LogP contribution in [0.2, 0.25) is 0 Å². The van der Waals surface area contributed by atoms with Crippen LogP contribution in [-0.2, 0) is 0 Å². The number of pyridine rings is 1. The summed E-state index contributed by atoms with van der Waals surface area (Å²) in [5, 5.41) is 5.08. The summed E-state index contributed by atoms with van der Waals surface area (Å²) in [6, 6.07) is 8.84. The molecule has 0 radical (unpaired) electrons. The Kier molecular flexibility index (Phi) is 4.83. The molecular weight excluding hydrogens is 350 g/mol. The standard InChI is InChI=1S/C18H11F4N3O/c19-10-1-4-16(15(22)7-10)25-18(26)17-9-12(5-6-23-17)24-11-2-3-13(20)14(21)8-11/h1-9H,(H,23,24)(H,25,26). The fourth-order valence-corrected chi connectivity index (χ4v) is 2.15. The van der Waals surface area contributed by atoms with Crippen LogP contribution in [-0.4, -0.2) is 10.9 Å². The highest BCUT2D eigenvalue weighted by Gasteiger charge is 2.12. The predicted octanol–water partition coefficient (Wildman–Crippen LogP) is 4.63.